The van der Waals surface area contributed by atoms with Gasteiger partial charge < -0.3 is 5.73 Å². The maximum absolute atomic E-state index is 13.0. The van der Waals surface area contributed by atoms with E-state index in [1.807, 2.05) is 30.3 Å². The van der Waals surface area contributed by atoms with Gasteiger partial charge in [0.25, 0.3) is 5.69 Å². The highest BCUT2D eigenvalue weighted by Gasteiger charge is 2.39. The van der Waals surface area contributed by atoms with Crippen LogP contribution in [0.5, 0.6) is 0 Å². The third-order valence-corrected chi connectivity index (χ3v) is 6.61. The van der Waals surface area contributed by atoms with Gasteiger partial charge in [-0.1, -0.05) is 36.4 Å². The molecule has 0 amide bonds. The molecule has 8 heteroatoms. The minimum Gasteiger partial charge on any atom is -0.326 e. The van der Waals surface area contributed by atoms with Gasteiger partial charge in [0.05, 0.1) is 9.82 Å². The van der Waals surface area contributed by atoms with E-state index in [1.165, 1.54) is 29.4 Å². The van der Waals surface area contributed by atoms with E-state index in [0.717, 1.165) is 5.56 Å². The van der Waals surface area contributed by atoms with E-state index < -0.39 is 14.9 Å². The number of sulfonamides is 1. The summed E-state index contributed by atoms with van der Waals surface area (Å²) in [4.78, 5) is 10.5. The Balaban J connectivity index is 1.95. The molecule has 2 aromatic rings. The zero-order valence-electron chi connectivity index (χ0n) is 13.7. The third kappa shape index (κ3) is 3.15. The van der Waals surface area contributed by atoms with Crippen LogP contribution in [0.3, 0.4) is 0 Å². The lowest BCUT2D eigenvalue weighted by Gasteiger charge is -2.18. The highest BCUT2D eigenvalue weighted by atomic mass is 32.2. The first kappa shape index (κ1) is 17.5. The van der Waals surface area contributed by atoms with Gasteiger partial charge in [0.1, 0.15) is 0 Å². The number of hydrogen-bond acceptors (Lipinski definition) is 5. The first-order chi connectivity index (χ1) is 11.8. The Morgan fingerprint density at radius 3 is 2.44 bits per heavy atom. The molecule has 1 fully saturated rings. The van der Waals surface area contributed by atoms with E-state index in [0.29, 0.717) is 0 Å². The van der Waals surface area contributed by atoms with Gasteiger partial charge in [-0.3, -0.25) is 10.1 Å². The Hall–Kier alpha value is -2.29. The lowest BCUT2D eigenvalue weighted by Crippen LogP contribution is -2.32. The van der Waals surface area contributed by atoms with Crippen molar-refractivity contribution in [2.24, 2.45) is 5.73 Å². The first-order valence-electron chi connectivity index (χ1n) is 7.87. The average molecular weight is 361 g/mol. The standard InChI is InChI=1S/C17H19N3O4S/c1-12-16(20(21)22)8-5-9-17(12)25(23,24)19-10-14(15(18)11-19)13-6-3-2-4-7-13/h2-9,14-15H,10-11,18H2,1H3/t14-,15+/m0/s1. The Labute approximate surface area is 146 Å². The van der Waals surface area contributed by atoms with Crippen LogP contribution in [0.2, 0.25) is 0 Å². The number of nitrogens with two attached hydrogens (primary N) is 1. The molecule has 132 valence electrons. The largest absolute Gasteiger partial charge is 0.326 e. The summed E-state index contributed by atoms with van der Waals surface area (Å²) in [6.07, 6.45) is 0. The van der Waals surface area contributed by atoms with E-state index in [-0.39, 0.29) is 41.2 Å². The van der Waals surface area contributed by atoms with E-state index in [1.54, 1.807) is 0 Å². The molecule has 2 aromatic carbocycles. The van der Waals surface area contributed by atoms with Crippen molar-refractivity contribution in [3.8, 4) is 0 Å². The van der Waals surface area contributed by atoms with E-state index in [2.05, 4.69) is 0 Å². The summed E-state index contributed by atoms with van der Waals surface area (Å²) in [6, 6.07) is 13.3. The summed E-state index contributed by atoms with van der Waals surface area (Å²) in [5.74, 6) is -0.102. The van der Waals surface area contributed by atoms with Crippen molar-refractivity contribution in [1.29, 1.82) is 0 Å². The summed E-state index contributed by atoms with van der Waals surface area (Å²) in [7, 11) is -3.85. The summed E-state index contributed by atoms with van der Waals surface area (Å²) in [5, 5.41) is 11.1. The molecule has 0 bridgehead atoms. The van der Waals surface area contributed by atoms with Crippen molar-refractivity contribution in [2.75, 3.05) is 13.1 Å². The second kappa shape index (κ2) is 6.55. The van der Waals surface area contributed by atoms with Gasteiger partial charge in [-0.15, -0.1) is 0 Å². The van der Waals surface area contributed by atoms with Crippen LogP contribution in [-0.4, -0.2) is 36.8 Å². The smallest absolute Gasteiger partial charge is 0.273 e. The van der Waals surface area contributed by atoms with Crippen LogP contribution in [0, 0.1) is 17.0 Å². The van der Waals surface area contributed by atoms with E-state index >= 15 is 0 Å². The number of rotatable bonds is 4. The predicted octanol–water partition coefficient (Wildman–Crippen LogP) is 2.02. The molecule has 0 aromatic heterocycles. The first-order valence-corrected chi connectivity index (χ1v) is 9.31. The zero-order chi connectivity index (χ0) is 18.2. The topological polar surface area (TPSA) is 107 Å². The molecule has 1 heterocycles. The van der Waals surface area contributed by atoms with Crippen molar-refractivity contribution in [1.82, 2.24) is 4.31 Å². The van der Waals surface area contributed by atoms with Crippen molar-refractivity contribution in [3.63, 3.8) is 0 Å². The van der Waals surface area contributed by atoms with Crippen LogP contribution in [0.25, 0.3) is 0 Å². The number of benzene rings is 2. The van der Waals surface area contributed by atoms with Gasteiger partial charge >= 0.3 is 0 Å². The fraction of sp³-hybridized carbons (Fsp3) is 0.294. The molecule has 2 N–H and O–H groups in total. The zero-order valence-corrected chi connectivity index (χ0v) is 14.5. The van der Waals surface area contributed by atoms with Crippen LogP contribution in [0.15, 0.2) is 53.4 Å². The molecule has 2 atom stereocenters. The van der Waals surface area contributed by atoms with Crippen molar-refractivity contribution >= 4 is 15.7 Å². The van der Waals surface area contributed by atoms with Crippen molar-refractivity contribution in [2.45, 2.75) is 23.8 Å². The molecule has 3 rings (SSSR count). The van der Waals surface area contributed by atoms with Gasteiger partial charge in [-0.05, 0) is 18.6 Å². The summed E-state index contributed by atoms with van der Waals surface area (Å²) < 4.78 is 27.3. The fourth-order valence-corrected chi connectivity index (χ4v) is 5.01. The summed E-state index contributed by atoms with van der Waals surface area (Å²) >= 11 is 0. The van der Waals surface area contributed by atoms with Gasteiger partial charge in [0.15, 0.2) is 0 Å². The Morgan fingerprint density at radius 1 is 1.12 bits per heavy atom. The molecule has 0 radical (unpaired) electrons. The maximum Gasteiger partial charge on any atom is 0.273 e. The lowest BCUT2D eigenvalue weighted by atomic mass is 9.95. The quantitative estimate of drug-likeness (QED) is 0.662. The van der Waals surface area contributed by atoms with Gasteiger partial charge in [-0.25, -0.2) is 8.42 Å². The molecule has 0 unspecified atom stereocenters. The van der Waals surface area contributed by atoms with Crippen LogP contribution in [-0.2, 0) is 10.0 Å². The van der Waals surface area contributed by atoms with Crippen molar-refractivity contribution in [3.05, 3.63) is 69.8 Å². The van der Waals surface area contributed by atoms with Crippen LogP contribution in [0.1, 0.15) is 17.0 Å². The van der Waals surface area contributed by atoms with Gasteiger partial charge in [0, 0.05) is 36.7 Å². The second-order valence-corrected chi connectivity index (χ2v) is 8.07. The highest BCUT2D eigenvalue weighted by molar-refractivity contribution is 7.89. The molecule has 0 aliphatic carbocycles. The SMILES string of the molecule is Cc1c([N+](=O)[O-])cccc1S(=O)(=O)N1C[C@@H](N)[C@H](c2ccccc2)C1. The highest BCUT2D eigenvalue weighted by Crippen LogP contribution is 2.33. The lowest BCUT2D eigenvalue weighted by molar-refractivity contribution is -0.385. The molecular weight excluding hydrogens is 342 g/mol. The molecule has 0 saturated carbocycles. The molecular formula is C17H19N3O4S. The Kier molecular flexibility index (Phi) is 4.59. The number of nitro benzene ring substituents is 1. The number of hydrogen-bond donors (Lipinski definition) is 1. The Bertz CT molecular complexity index is 899. The molecule has 1 saturated heterocycles. The van der Waals surface area contributed by atoms with E-state index in [9.17, 15) is 18.5 Å². The molecule has 7 nitrogen and oxygen atoms in total. The van der Waals surface area contributed by atoms with Crippen molar-refractivity contribution < 1.29 is 13.3 Å². The number of nitrogens with zero attached hydrogens (tertiary/aromatic N) is 2. The second-order valence-electron chi connectivity index (χ2n) is 6.16. The monoisotopic (exact) mass is 361 g/mol. The van der Waals surface area contributed by atoms with Gasteiger partial charge in [-0.2, -0.15) is 4.31 Å². The van der Waals surface area contributed by atoms with Crippen LogP contribution >= 0.6 is 0 Å². The fourth-order valence-electron chi connectivity index (χ4n) is 3.26. The normalized spacial score (nSPS) is 21.4. The minimum atomic E-state index is -3.85. The maximum atomic E-state index is 13.0. The van der Waals surface area contributed by atoms with Crippen LogP contribution in [0.4, 0.5) is 5.69 Å². The van der Waals surface area contributed by atoms with Gasteiger partial charge in [0.2, 0.25) is 10.0 Å². The predicted molar refractivity (Wildman–Crippen MR) is 93.8 cm³/mol. The van der Waals surface area contributed by atoms with E-state index in [4.69, 9.17) is 5.73 Å². The molecule has 1 aliphatic heterocycles. The number of nitro groups is 1. The third-order valence-electron chi connectivity index (χ3n) is 4.63. The van der Waals surface area contributed by atoms with Crippen LogP contribution < -0.4 is 5.73 Å². The molecule has 25 heavy (non-hydrogen) atoms. The Morgan fingerprint density at radius 2 is 1.80 bits per heavy atom. The summed E-state index contributed by atoms with van der Waals surface area (Å²) in [5.41, 5.74) is 7.11. The average Bonchev–Trinajstić information content (AvgIpc) is 2.98. The molecule has 0 spiro atoms. The summed E-state index contributed by atoms with van der Waals surface area (Å²) in [6.45, 7) is 1.90. The molecule has 1 aliphatic rings. The minimum absolute atomic E-state index is 0.0392.